The highest BCUT2D eigenvalue weighted by Gasteiger charge is 2.63. The number of pyridine rings is 1. The Hall–Kier alpha value is -4.57. The Morgan fingerprint density at radius 3 is 2.57 bits per heavy atom. The number of rotatable bonds is 7. The van der Waals surface area contributed by atoms with Gasteiger partial charge in [-0.2, -0.15) is 0 Å². The molecule has 7 atom stereocenters. The highest BCUT2D eigenvalue weighted by atomic mass is 32.2. The van der Waals surface area contributed by atoms with Crippen LogP contribution in [0.2, 0.25) is 0 Å². The average Bonchev–Trinajstić information content (AvgIpc) is 4.11. The number of ether oxygens (including phenoxy) is 2. The SMILES string of the molecule is C=C[C@@H]1C[C@]1(NC(=O)[C@@H]1C[C@@H]2CN1C(=O)[C@H](C(C)(C)C)NC(=O)O[C@@H]1C[C@H]1CCCCCc1c(nc3ccccc3c1-c1nccs1)O2)C(=O)NS(=O)(=O)C1(C)CC1. The van der Waals surface area contributed by atoms with Crippen molar-refractivity contribution in [3.05, 3.63) is 54.1 Å². The summed E-state index contributed by atoms with van der Waals surface area (Å²) in [5, 5.41) is 9.41. The van der Waals surface area contributed by atoms with Crippen molar-refractivity contribution >= 4 is 56.1 Å². The van der Waals surface area contributed by atoms with E-state index in [-0.39, 0.29) is 31.4 Å². The van der Waals surface area contributed by atoms with E-state index >= 15 is 0 Å². The van der Waals surface area contributed by atoms with E-state index in [1.165, 1.54) is 22.3 Å². The van der Waals surface area contributed by atoms with Gasteiger partial charge in [-0.25, -0.2) is 23.2 Å². The van der Waals surface area contributed by atoms with E-state index in [2.05, 4.69) is 21.9 Å². The summed E-state index contributed by atoms with van der Waals surface area (Å²) in [5.41, 5.74) is 0.203. The second-order valence-electron chi connectivity index (χ2n) is 18.0. The molecule has 3 aliphatic carbocycles. The molecule has 5 aliphatic rings. The third-order valence-corrected chi connectivity index (χ3v) is 15.6. The van der Waals surface area contributed by atoms with Crippen molar-refractivity contribution in [2.24, 2.45) is 17.3 Å². The Bertz CT molecular complexity index is 2250. The number of amides is 4. The van der Waals surface area contributed by atoms with Gasteiger partial charge in [-0.15, -0.1) is 17.9 Å². The number of para-hydroxylation sites is 1. The minimum Gasteiger partial charge on any atom is -0.472 e. The van der Waals surface area contributed by atoms with Crippen LogP contribution in [0.25, 0.3) is 21.5 Å². The lowest BCUT2D eigenvalue weighted by Gasteiger charge is -2.35. The first-order valence-corrected chi connectivity index (χ1v) is 22.7. The number of carbonyl (C=O) groups is 4. The van der Waals surface area contributed by atoms with E-state index in [4.69, 9.17) is 19.4 Å². The maximum Gasteiger partial charge on any atom is 0.408 e. The lowest BCUT2D eigenvalue weighted by molar-refractivity contribution is -0.142. The summed E-state index contributed by atoms with van der Waals surface area (Å²) in [6.07, 6.45) is 7.80. The van der Waals surface area contributed by atoms with Crippen LogP contribution in [0.5, 0.6) is 5.88 Å². The minimum absolute atomic E-state index is 0.0255. The van der Waals surface area contributed by atoms with E-state index in [9.17, 15) is 27.6 Å². The molecule has 2 bridgehead atoms. The normalized spacial score (nSPS) is 29.6. The van der Waals surface area contributed by atoms with Gasteiger partial charge in [0.1, 0.15) is 34.8 Å². The van der Waals surface area contributed by atoms with Gasteiger partial charge in [-0.1, -0.05) is 57.9 Å². The summed E-state index contributed by atoms with van der Waals surface area (Å²) >= 11 is 1.53. The van der Waals surface area contributed by atoms with Gasteiger partial charge in [0.15, 0.2) is 0 Å². The fourth-order valence-electron chi connectivity index (χ4n) is 8.46. The molecule has 14 nitrogen and oxygen atoms in total. The number of fused-ring (bicyclic) bond motifs is 5. The molecule has 1 saturated heterocycles. The van der Waals surface area contributed by atoms with Crippen LogP contribution in [-0.2, 0) is 35.6 Å². The van der Waals surface area contributed by atoms with Gasteiger partial charge in [0.2, 0.25) is 27.7 Å². The van der Waals surface area contributed by atoms with E-state index in [0.717, 1.165) is 59.1 Å². The topological polar surface area (TPSA) is 186 Å². The molecule has 0 spiro atoms. The summed E-state index contributed by atoms with van der Waals surface area (Å²) in [5.74, 6) is -1.87. The van der Waals surface area contributed by atoms with Gasteiger partial charge >= 0.3 is 6.09 Å². The lowest BCUT2D eigenvalue weighted by atomic mass is 9.85. The number of thiazole rings is 1. The zero-order chi connectivity index (χ0) is 41.2. The van der Waals surface area contributed by atoms with Crippen LogP contribution in [-0.4, -0.2) is 88.2 Å². The number of benzene rings is 1. The molecule has 3 N–H and O–H groups in total. The molecular formula is C42H52N6O8S2. The van der Waals surface area contributed by atoms with Crippen LogP contribution < -0.4 is 20.1 Å². The third-order valence-electron chi connectivity index (χ3n) is 12.6. The molecule has 4 amide bonds. The molecule has 0 unspecified atom stereocenters. The molecule has 16 heteroatoms. The number of hydrogen-bond acceptors (Lipinski definition) is 11. The van der Waals surface area contributed by atoms with Gasteiger partial charge in [-0.3, -0.25) is 19.1 Å². The Morgan fingerprint density at radius 1 is 1.10 bits per heavy atom. The molecular weight excluding hydrogens is 781 g/mol. The van der Waals surface area contributed by atoms with Crippen molar-refractivity contribution in [3.8, 4) is 16.5 Å². The number of alkyl carbamates (subject to hydrolysis) is 1. The van der Waals surface area contributed by atoms with E-state index < -0.39 is 73.6 Å². The average molecular weight is 833 g/mol. The van der Waals surface area contributed by atoms with Crippen molar-refractivity contribution in [1.82, 2.24) is 30.2 Å². The summed E-state index contributed by atoms with van der Waals surface area (Å²) in [7, 11) is -4.01. The zero-order valence-electron chi connectivity index (χ0n) is 33.4. The van der Waals surface area contributed by atoms with Crippen LogP contribution in [0.15, 0.2) is 48.5 Å². The van der Waals surface area contributed by atoms with E-state index in [1.807, 2.05) is 50.4 Å². The Kier molecular flexibility index (Phi) is 10.3. The number of hydrogen-bond donors (Lipinski definition) is 3. The van der Waals surface area contributed by atoms with Crippen LogP contribution in [0.4, 0.5) is 4.79 Å². The second kappa shape index (κ2) is 14.9. The highest BCUT2D eigenvalue weighted by molar-refractivity contribution is 7.91. The van der Waals surface area contributed by atoms with Gasteiger partial charge in [0.25, 0.3) is 5.91 Å². The standard InChI is InChI=1S/C42H52N6O8S2/c1-6-25-22-42(25,38(51)47-58(53,54)41(5)16-17-41)46-34(49)30-21-26-23-48(30)37(50)33(40(2,3)4)45-39(52)56-31-20-24(31)12-8-7-9-14-28-32(36-43-18-19-57-36)27-13-10-11-15-29(27)44-35(28)55-26/h6,10-11,13,15,18-19,24-26,30-31,33H,1,7-9,12,14,16-17,20-23H2,2-5H3,(H,45,52)(H,46,49)(H,47,51)/t24-,25-,26-,30+,31-,33-,42-/m1/s1. The molecule has 58 heavy (non-hydrogen) atoms. The van der Waals surface area contributed by atoms with Crippen molar-refractivity contribution < 1.29 is 37.1 Å². The summed E-state index contributed by atoms with van der Waals surface area (Å²) in [6, 6.07) is 5.62. The smallest absolute Gasteiger partial charge is 0.408 e. The monoisotopic (exact) mass is 832 g/mol. The molecule has 2 aliphatic heterocycles. The third kappa shape index (κ3) is 7.69. The molecule has 310 valence electrons. The van der Waals surface area contributed by atoms with Crippen LogP contribution in [0, 0.1) is 17.3 Å². The summed E-state index contributed by atoms with van der Waals surface area (Å²) in [6.45, 7) is 10.9. The zero-order valence-corrected chi connectivity index (χ0v) is 35.0. The predicted octanol–water partition coefficient (Wildman–Crippen LogP) is 5.41. The molecule has 3 aromatic rings. The first kappa shape index (κ1) is 40.2. The van der Waals surface area contributed by atoms with Crippen LogP contribution >= 0.6 is 11.3 Å². The summed E-state index contributed by atoms with van der Waals surface area (Å²) in [4.78, 5) is 67.6. The molecule has 1 aromatic carbocycles. The summed E-state index contributed by atoms with van der Waals surface area (Å²) < 4.78 is 40.0. The van der Waals surface area contributed by atoms with Crippen LogP contribution in [0.3, 0.4) is 0 Å². The molecule has 3 saturated carbocycles. The maximum absolute atomic E-state index is 14.8. The largest absolute Gasteiger partial charge is 0.472 e. The minimum atomic E-state index is -4.01. The van der Waals surface area contributed by atoms with E-state index in [0.29, 0.717) is 25.1 Å². The Balaban J connectivity index is 1.16. The molecule has 2 aromatic heterocycles. The molecule has 8 rings (SSSR count). The molecule has 0 radical (unpaired) electrons. The first-order chi connectivity index (χ1) is 27.5. The van der Waals surface area contributed by atoms with Crippen molar-refractivity contribution in [2.75, 3.05) is 6.54 Å². The Labute approximate surface area is 343 Å². The first-order valence-electron chi connectivity index (χ1n) is 20.3. The van der Waals surface area contributed by atoms with Crippen molar-refractivity contribution in [2.45, 2.75) is 126 Å². The fourth-order valence-corrected chi connectivity index (χ4v) is 10.5. The lowest BCUT2D eigenvalue weighted by Crippen LogP contribution is -2.60. The second-order valence-corrected chi connectivity index (χ2v) is 21.1. The van der Waals surface area contributed by atoms with Crippen LogP contribution in [0.1, 0.15) is 91.0 Å². The Morgan fingerprint density at radius 2 is 1.88 bits per heavy atom. The highest BCUT2D eigenvalue weighted by Crippen LogP contribution is 2.47. The van der Waals surface area contributed by atoms with Gasteiger partial charge < -0.3 is 25.0 Å². The maximum atomic E-state index is 14.8. The predicted molar refractivity (Wildman–Crippen MR) is 218 cm³/mol. The number of sulfonamides is 1. The fraction of sp³-hybridized carbons (Fsp3) is 0.571. The van der Waals surface area contributed by atoms with Crippen molar-refractivity contribution in [3.63, 3.8) is 0 Å². The number of nitrogens with one attached hydrogen (secondary N) is 3. The number of aromatic nitrogens is 2. The quantitative estimate of drug-likeness (QED) is 0.260. The van der Waals surface area contributed by atoms with E-state index in [1.54, 1.807) is 13.1 Å². The van der Waals surface area contributed by atoms with Gasteiger partial charge in [-0.05, 0) is 69.3 Å². The van der Waals surface area contributed by atoms with Gasteiger partial charge in [0.05, 0.1) is 16.8 Å². The number of carbonyl (C=O) groups excluding carboxylic acids is 4. The molecule has 4 fully saturated rings. The molecule has 4 heterocycles. The number of nitrogens with zero attached hydrogens (tertiary/aromatic N) is 3. The van der Waals surface area contributed by atoms with Gasteiger partial charge in [0, 0.05) is 40.4 Å². The van der Waals surface area contributed by atoms with Crippen molar-refractivity contribution in [1.29, 1.82) is 0 Å².